The van der Waals surface area contributed by atoms with Gasteiger partial charge in [0.1, 0.15) is 6.23 Å². The van der Waals surface area contributed by atoms with Crippen LogP contribution in [0.1, 0.15) is 18.7 Å². The first-order valence-electron chi connectivity index (χ1n) is 5.50. The topological polar surface area (TPSA) is 32.7 Å². The first-order valence-corrected chi connectivity index (χ1v) is 6.29. The van der Waals surface area contributed by atoms with Crippen LogP contribution in [0, 0.1) is 0 Å². The highest BCUT2D eigenvalue weighted by Crippen LogP contribution is 2.30. The zero-order valence-electron chi connectivity index (χ0n) is 9.27. The monoisotopic (exact) mass is 285 g/mol. The fraction of sp³-hybridized carbons (Fsp3) is 0.500. The van der Waals surface area contributed by atoms with E-state index in [0.29, 0.717) is 0 Å². The summed E-state index contributed by atoms with van der Waals surface area (Å²) < 4.78 is 6.86. The summed E-state index contributed by atoms with van der Waals surface area (Å²) in [4.78, 5) is 2.22. The molecule has 1 saturated heterocycles. The number of nitrogens with zero attached hydrogens (tertiary/aromatic N) is 1. The molecule has 1 aliphatic rings. The fourth-order valence-electron chi connectivity index (χ4n) is 2.01. The van der Waals surface area contributed by atoms with Gasteiger partial charge in [-0.15, -0.1) is 0 Å². The van der Waals surface area contributed by atoms with Gasteiger partial charge in [0.15, 0.2) is 0 Å². The normalized spacial score (nSPS) is 26.2. The van der Waals surface area contributed by atoms with E-state index in [-0.39, 0.29) is 18.9 Å². The molecule has 0 aromatic heterocycles. The van der Waals surface area contributed by atoms with Gasteiger partial charge >= 0.3 is 0 Å². The number of rotatable bonds is 3. The average Bonchev–Trinajstić information content (AvgIpc) is 2.72. The highest BCUT2D eigenvalue weighted by molar-refractivity contribution is 9.10. The lowest BCUT2D eigenvalue weighted by atomic mass is 10.2. The Morgan fingerprint density at radius 2 is 2.38 bits per heavy atom. The van der Waals surface area contributed by atoms with Crippen LogP contribution in [0.5, 0.6) is 0 Å². The van der Waals surface area contributed by atoms with Gasteiger partial charge in [0, 0.05) is 11.0 Å². The van der Waals surface area contributed by atoms with Gasteiger partial charge in [-0.3, -0.25) is 4.90 Å². The number of ether oxygens (including phenoxy) is 1. The Balaban J connectivity index is 2.19. The molecule has 0 spiro atoms. The maximum absolute atomic E-state index is 9.14. The van der Waals surface area contributed by atoms with E-state index in [2.05, 4.69) is 39.9 Å². The summed E-state index contributed by atoms with van der Waals surface area (Å²) in [5.74, 6) is 0. The van der Waals surface area contributed by atoms with Crippen LogP contribution in [-0.4, -0.2) is 35.8 Å². The molecule has 0 amide bonds. The SMILES string of the molecule is CCN1CC(CO)OC1c1cccc(Br)c1. The zero-order chi connectivity index (χ0) is 11.5. The molecule has 16 heavy (non-hydrogen) atoms. The van der Waals surface area contributed by atoms with Crippen LogP contribution in [0.25, 0.3) is 0 Å². The highest BCUT2D eigenvalue weighted by Gasteiger charge is 2.32. The largest absolute Gasteiger partial charge is 0.394 e. The van der Waals surface area contributed by atoms with Gasteiger partial charge in [-0.2, -0.15) is 0 Å². The summed E-state index contributed by atoms with van der Waals surface area (Å²) in [6.45, 7) is 3.91. The summed E-state index contributed by atoms with van der Waals surface area (Å²) in [6.07, 6.45) is -0.0939. The van der Waals surface area contributed by atoms with Crippen LogP contribution in [0.4, 0.5) is 0 Å². The Morgan fingerprint density at radius 3 is 3.00 bits per heavy atom. The molecule has 0 bridgehead atoms. The van der Waals surface area contributed by atoms with Crippen LogP contribution >= 0.6 is 15.9 Å². The Bertz CT molecular complexity index is 359. The minimum Gasteiger partial charge on any atom is -0.394 e. The molecule has 1 N–H and O–H groups in total. The van der Waals surface area contributed by atoms with E-state index in [1.807, 2.05) is 12.1 Å². The van der Waals surface area contributed by atoms with Crippen molar-refractivity contribution >= 4 is 15.9 Å². The lowest BCUT2D eigenvalue weighted by Crippen LogP contribution is -2.25. The van der Waals surface area contributed by atoms with Crippen molar-refractivity contribution in [1.29, 1.82) is 0 Å². The second-order valence-electron chi connectivity index (χ2n) is 3.94. The van der Waals surface area contributed by atoms with Gasteiger partial charge < -0.3 is 9.84 Å². The summed E-state index contributed by atoms with van der Waals surface area (Å²) in [5, 5.41) is 9.14. The van der Waals surface area contributed by atoms with Crippen molar-refractivity contribution in [3.63, 3.8) is 0 Å². The number of benzene rings is 1. The number of likely N-dealkylation sites (N-methyl/N-ethyl adjacent to an activating group) is 1. The van der Waals surface area contributed by atoms with Crippen LogP contribution in [0.15, 0.2) is 28.7 Å². The Morgan fingerprint density at radius 1 is 1.56 bits per heavy atom. The third-order valence-electron chi connectivity index (χ3n) is 2.83. The second kappa shape index (κ2) is 5.27. The van der Waals surface area contributed by atoms with Crippen molar-refractivity contribution in [2.75, 3.05) is 19.7 Å². The Hall–Kier alpha value is -0.420. The number of aliphatic hydroxyl groups excluding tert-OH is 1. The van der Waals surface area contributed by atoms with E-state index in [9.17, 15) is 0 Å². The molecule has 1 heterocycles. The maximum atomic E-state index is 9.14. The van der Waals surface area contributed by atoms with E-state index >= 15 is 0 Å². The zero-order valence-corrected chi connectivity index (χ0v) is 10.9. The van der Waals surface area contributed by atoms with Crippen LogP contribution in [0.3, 0.4) is 0 Å². The molecule has 1 aliphatic heterocycles. The minimum absolute atomic E-state index is 0.0281. The van der Waals surface area contributed by atoms with Gasteiger partial charge in [0.05, 0.1) is 12.7 Å². The summed E-state index contributed by atoms with van der Waals surface area (Å²) >= 11 is 3.46. The fourth-order valence-corrected chi connectivity index (χ4v) is 2.43. The highest BCUT2D eigenvalue weighted by atomic mass is 79.9. The smallest absolute Gasteiger partial charge is 0.137 e. The lowest BCUT2D eigenvalue weighted by Gasteiger charge is -2.21. The molecule has 0 saturated carbocycles. The van der Waals surface area contributed by atoms with Gasteiger partial charge in [-0.05, 0) is 24.2 Å². The third kappa shape index (κ3) is 2.46. The Kier molecular flexibility index (Phi) is 3.97. The average molecular weight is 286 g/mol. The van der Waals surface area contributed by atoms with Gasteiger partial charge in [0.25, 0.3) is 0 Å². The first kappa shape index (κ1) is 12.0. The number of hydrogen-bond acceptors (Lipinski definition) is 3. The Labute approximate surface area is 104 Å². The first-order chi connectivity index (χ1) is 7.74. The van der Waals surface area contributed by atoms with Crippen molar-refractivity contribution in [2.45, 2.75) is 19.3 Å². The number of halogens is 1. The molecule has 1 aromatic rings. The van der Waals surface area contributed by atoms with Gasteiger partial charge in [-0.25, -0.2) is 0 Å². The molecule has 2 rings (SSSR count). The lowest BCUT2D eigenvalue weighted by molar-refractivity contribution is -0.0184. The predicted molar refractivity (Wildman–Crippen MR) is 66.1 cm³/mol. The van der Waals surface area contributed by atoms with Crippen LogP contribution in [-0.2, 0) is 4.74 Å². The number of aliphatic hydroxyl groups is 1. The molecule has 2 unspecified atom stereocenters. The number of hydrogen-bond donors (Lipinski definition) is 1. The molecule has 0 radical (unpaired) electrons. The van der Waals surface area contributed by atoms with Crippen LogP contribution < -0.4 is 0 Å². The van der Waals surface area contributed by atoms with E-state index < -0.39 is 0 Å². The van der Waals surface area contributed by atoms with Crippen molar-refractivity contribution in [3.05, 3.63) is 34.3 Å². The predicted octanol–water partition coefficient (Wildman–Crippen LogP) is 2.16. The third-order valence-corrected chi connectivity index (χ3v) is 3.33. The van der Waals surface area contributed by atoms with Gasteiger partial charge in [-0.1, -0.05) is 35.0 Å². The molecule has 1 aromatic carbocycles. The minimum atomic E-state index is -0.0658. The van der Waals surface area contributed by atoms with E-state index in [4.69, 9.17) is 9.84 Å². The maximum Gasteiger partial charge on any atom is 0.137 e. The molecule has 4 heteroatoms. The van der Waals surface area contributed by atoms with Crippen molar-refractivity contribution in [2.24, 2.45) is 0 Å². The molecular weight excluding hydrogens is 270 g/mol. The van der Waals surface area contributed by atoms with Crippen molar-refractivity contribution in [3.8, 4) is 0 Å². The molecular formula is C12H16BrNO2. The second-order valence-corrected chi connectivity index (χ2v) is 4.85. The van der Waals surface area contributed by atoms with E-state index in [1.165, 1.54) is 0 Å². The summed E-state index contributed by atoms with van der Waals surface area (Å²) in [5.41, 5.74) is 1.13. The molecule has 2 atom stereocenters. The standard InChI is InChI=1S/C12H16BrNO2/c1-2-14-7-11(8-15)16-12(14)9-4-3-5-10(13)6-9/h3-6,11-12,15H,2,7-8H2,1H3. The molecule has 88 valence electrons. The van der Waals surface area contributed by atoms with E-state index in [1.54, 1.807) is 0 Å². The van der Waals surface area contributed by atoms with Crippen LogP contribution in [0.2, 0.25) is 0 Å². The summed E-state index contributed by atoms with van der Waals surface area (Å²) in [6, 6.07) is 8.12. The quantitative estimate of drug-likeness (QED) is 0.924. The van der Waals surface area contributed by atoms with Gasteiger partial charge in [0.2, 0.25) is 0 Å². The molecule has 3 nitrogen and oxygen atoms in total. The van der Waals surface area contributed by atoms with Crippen molar-refractivity contribution < 1.29 is 9.84 Å². The van der Waals surface area contributed by atoms with E-state index in [0.717, 1.165) is 23.1 Å². The summed E-state index contributed by atoms with van der Waals surface area (Å²) in [7, 11) is 0. The van der Waals surface area contributed by atoms with Crippen molar-refractivity contribution in [1.82, 2.24) is 4.90 Å². The molecule has 0 aliphatic carbocycles. The molecule has 1 fully saturated rings.